The molecule has 0 unspecified atom stereocenters. The van der Waals surface area contributed by atoms with E-state index in [1.54, 1.807) is 6.92 Å². The Morgan fingerprint density at radius 3 is 2.66 bits per heavy atom. The van der Waals surface area contributed by atoms with Crippen molar-refractivity contribution in [3.05, 3.63) is 63.7 Å². The Bertz CT molecular complexity index is 1200. The number of anilines is 1. The number of nitrogens with one attached hydrogen (secondary N) is 3. The fourth-order valence-corrected chi connectivity index (χ4v) is 4.04. The predicted molar refractivity (Wildman–Crippen MR) is 126 cm³/mol. The summed E-state index contributed by atoms with van der Waals surface area (Å²) in [6.07, 6.45) is 7.26. The first-order valence-corrected chi connectivity index (χ1v) is 11.3. The van der Waals surface area contributed by atoms with Crippen LogP contribution < -0.4 is 16.2 Å². The molecule has 1 aliphatic carbocycles. The van der Waals surface area contributed by atoms with Gasteiger partial charge in [0, 0.05) is 30.4 Å². The van der Waals surface area contributed by atoms with Gasteiger partial charge in [-0.3, -0.25) is 14.4 Å². The molecular weight excluding hydrogens is 404 g/mol. The monoisotopic (exact) mass is 434 g/mol. The van der Waals surface area contributed by atoms with E-state index in [-0.39, 0.29) is 23.9 Å². The summed E-state index contributed by atoms with van der Waals surface area (Å²) >= 11 is 0. The lowest BCUT2D eigenvalue weighted by Gasteiger charge is -2.19. The van der Waals surface area contributed by atoms with Crippen LogP contribution in [0, 0.1) is 12.8 Å². The van der Waals surface area contributed by atoms with E-state index in [2.05, 4.69) is 22.5 Å². The molecule has 0 radical (unpaired) electrons. The highest BCUT2D eigenvalue weighted by Crippen LogP contribution is 2.24. The molecule has 2 aliphatic rings. The van der Waals surface area contributed by atoms with E-state index in [4.69, 9.17) is 0 Å². The standard InChI is InChI=1S/C20H20N4O3.C5H10/c1-12-8-15-3-5-17(25)23-19(15)20(27)24(12)11-18(26)22-10-13-2-4-16-14(9-13)6-7-21-16;1-5-3-2-4-5/h2,4,6-9,21H,3,5,10-11H2,1H3,(H,22,26)(H,23,25);5H,2-4H2,1H3. The molecule has 2 amide bonds. The molecule has 168 valence electrons. The van der Waals surface area contributed by atoms with Gasteiger partial charge in [0.25, 0.3) is 5.56 Å². The van der Waals surface area contributed by atoms with Crippen molar-refractivity contribution in [2.75, 3.05) is 5.32 Å². The molecule has 3 aromatic rings. The average molecular weight is 435 g/mol. The number of H-pyrrole nitrogens is 1. The minimum atomic E-state index is -0.332. The second kappa shape index (κ2) is 9.42. The number of aromatic nitrogens is 2. The molecule has 1 aliphatic heterocycles. The number of carbonyl (C=O) groups is 2. The highest BCUT2D eigenvalue weighted by atomic mass is 16.2. The van der Waals surface area contributed by atoms with Crippen molar-refractivity contribution in [1.82, 2.24) is 14.9 Å². The number of hydrogen-bond acceptors (Lipinski definition) is 3. The summed E-state index contributed by atoms with van der Waals surface area (Å²) in [5.74, 6) is 0.644. The fourth-order valence-electron chi connectivity index (χ4n) is 4.04. The molecule has 3 N–H and O–H groups in total. The van der Waals surface area contributed by atoms with Crippen LogP contribution in [0.3, 0.4) is 0 Å². The maximum absolute atomic E-state index is 12.7. The van der Waals surface area contributed by atoms with E-state index in [1.165, 1.54) is 23.8 Å². The number of rotatable bonds is 4. The second-order valence-electron chi connectivity index (χ2n) is 8.84. The molecule has 0 spiro atoms. The van der Waals surface area contributed by atoms with Crippen molar-refractivity contribution in [2.45, 2.75) is 59.0 Å². The molecule has 0 saturated heterocycles. The minimum Gasteiger partial charge on any atom is -0.361 e. The van der Waals surface area contributed by atoms with Crippen LogP contribution in [0.25, 0.3) is 10.9 Å². The Hall–Kier alpha value is -3.35. The highest BCUT2D eigenvalue weighted by Gasteiger charge is 2.21. The van der Waals surface area contributed by atoms with Gasteiger partial charge in [0.15, 0.2) is 0 Å². The van der Waals surface area contributed by atoms with Crippen LogP contribution in [-0.4, -0.2) is 21.4 Å². The number of fused-ring (bicyclic) bond motifs is 2. The van der Waals surface area contributed by atoms with E-state index in [1.807, 2.05) is 36.5 Å². The van der Waals surface area contributed by atoms with Crippen molar-refractivity contribution in [1.29, 1.82) is 0 Å². The Morgan fingerprint density at radius 1 is 1.16 bits per heavy atom. The van der Waals surface area contributed by atoms with E-state index >= 15 is 0 Å². The number of pyridine rings is 1. The first-order chi connectivity index (χ1) is 15.4. The number of amides is 2. The average Bonchev–Trinajstić information content (AvgIpc) is 3.23. The molecule has 7 nitrogen and oxygen atoms in total. The smallest absolute Gasteiger partial charge is 0.275 e. The lowest BCUT2D eigenvalue weighted by atomic mass is 9.88. The van der Waals surface area contributed by atoms with Gasteiger partial charge in [-0.25, -0.2) is 0 Å². The van der Waals surface area contributed by atoms with Crippen LogP contribution in [0.4, 0.5) is 5.69 Å². The third kappa shape index (κ3) is 4.93. The van der Waals surface area contributed by atoms with Gasteiger partial charge in [0.2, 0.25) is 11.8 Å². The van der Waals surface area contributed by atoms with Gasteiger partial charge in [0.05, 0.1) is 0 Å². The van der Waals surface area contributed by atoms with Crippen LogP contribution in [-0.2, 0) is 29.1 Å². The molecule has 1 aromatic carbocycles. The van der Waals surface area contributed by atoms with Gasteiger partial charge in [-0.1, -0.05) is 32.3 Å². The first-order valence-electron chi connectivity index (χ1n) is 11.3. The van der Waals surface area contributed by atoms with Crippen molar-refractivity contribution < 1.29 is 9.59 Å². The third-order valence-electron chi connectivity index (χ3n) is 6.28. The van der Waals surface area contributed by atoms with Crippen LogP contribution in [0.15, 0.2) is 41.3 Å². The summed E-state index contributed by atoms with van der Waals surface area (Å²) in [5.41, 5.74) is 3.53. The molecular formula is C25H30N4O3. The number of benzene rings is 1. The van der Waals surface area contributed by atoms with Gasteiger partial charge in [0.1, 0.15) is 12.2 Å². The molecule has 3 heterocycles. The maximum Gasteiger partial charge on any atom is 0.275 e. The zero-order valence-electron chi connectivity index (χ0n) is 18.7. The van der Waals surface area contributed by atoms with Crippen LogP contribution in [0.5, 0.6) is 0 Å². The molecule has 5 rings (SSSR count). The van der Waals surface area contributed by atoms with E-state index in [0.29, 0.717) is 30.8 Å². The molecule has 32 heavy (non-hydrogen) atoms. The quantitative estimate of drug-likeness (QED) is 0.585. The molecule has 0 atom stereocenters. The van der Waals surface area contributed by atoms with Crippen molar-refractivity contribution in [2.24, 2.45) is 5.92 Å². The second-order valence-corrected chi connectivity index (χ2v) is 8.84. The Labute approximate surface area is 187 Å². The number of carbonyl (C=O) groups excluding carboxylic acids is 2. The summed E-state index contributed by atoms with van der Waals surface area (Å²) in [7, 11) is 0. The molecule has 7 heteroatoms. The highest BCUT2D eigenvalue weighted by molar-refractivity contribution is 5.93. The van der Waals surface area contributed by atoms with Gasteiger partial charge in [-0.15, -0.1) is 0 Å². The Morgan fingerprint density at radius 2 is 1.94 bits per heavy atom. The summed E-state index contributed by atoms with van der Waals surface area (Å²) in [4.78, 5) is 39.8. The van der Waals surface area contributed by atoms with Gasteiger partial charge in [-0.2, -0.15) is 0 Å². The van der Waals surface area contributed by atoms with Gasteiger partial charge < -0.3 is 20.2 Å². The lowest BCUT2D eigenvalue weighted by Crippen LogP contribution is -2.36. The number of nitrogens with zero attached hydrogens (tertiary/aromatic N) is 1. The van der Waals surface area contributed by atoms with Crippen molar-refractivity contribution >= 4 is 28.4 Å². The third-order valence-corrected chi connectivity index (χ3v) is 6.28. The SMILES string of the molecule is CC1CCC1.Cc1cc2c(c(=O)n1CC(=O)NCc1ccc3[nH]ccc3c1)NC(=O)CC2. The Kier molecular flexibility index (Phi) is 6.44. The van der Waals surface area contributed by atoms with Crippen LogP contribution in [0.1, 0.15) is 49.4 Å². The van der Waals surface area contributed by atoms with Gasteiger partial charge >= 0.3 is 0 Å². The van der Waals surface area contributed by atoms with Crippen LogP contribution >= 0.6 is 0 Å². The normalized spacial score (nSPS) is 15.2. The minimum absolute atomic E-state index is 0.0831. The van der Waals surface area contributed by atoms with Gasteiger partial charge in [-0.05, 0) is 60.0 Å². The number of hydrogen-bond donors (Lipinski definition) is 3. The zero-order valence-corrected chi connectivity index (χ0v) is 18.7. The largest absolute Gasteiger partial charge is 0.361 e. The van der Waals surface area contributed by atoms with Crippen LogP contribution in [0.2, 0.25) is 0 Å². The van der Waals surface area contributed by atoms with Crippen molar-refractivity contribution in [3.8, 4) is 0 Å². The zero-order chi connectivity index (χ0) is 22.7. The molecule has 1 saturated carbocycles. The van der Waals surface area contributed by atoms with E-state index < -0.39 is 0 Å². The Balaban J connectivity index is 0.000000433. The summed E-state index contributed by atoms with van der Waals surface area (Å²) in [5, 5.41) is 6.57. The summed E-state index contributed by atoms with van der Waals surface area (Å²) in [6.45, 7) is 4.41. The lowest BCUT2D eigenvalue weighted by molar-refractivity contribution is -0.122. The number of aryl methyl sites for hydroxylation is 2. The van der Waals surface area contributed by atoms with E-state index in [9.17, 15) is 14.4 Å². The topological polar surface area (TPSA) is 96.0 Å². The first kappa shape index (κ1) is 21.9. The van der Waals surface area contributed by atoms with Crippen molar-refractivity contribution in [3.63, 3.8) is 0 Å². The maximum atomic E-state index is 12.7. The summed E-state index contributed by atoms with van der Waals surface area (Å²) in [6, 6.07) is 9.77. The number of aromatic amines is 1. The fraction of sp³-hybridized carbons (Fsp3) is 0.400. The predicted octanol–water partition coefficient (Wildman–Crippen LogP) is 3.65. The summed E-state index contributed by atoms with van der Waals surface area (Å²) < 4.78 is 1.40. The van der Waals surface area contributed by atoms with E-state index in [0.717, 1.165) is 27.9 Å². The molecule has 1 fully saturated rings. The molecule has 2 aromatic heterocycles. The molecule has 0 bridgehead atoms.